The van der Waals surface area contributed by atoms with Gasteiger partial charge in [0.15, 0.2) is 0 Å². The van der Waals surface area contributed by atoms with E-state index in [4.69, 9.17) is 14.6 Å². The molecule has 2 N–H and O–H groups in total. The zero-order valence-electron chi connectivity index (χ0n) is 13.9. The van der Waals surface area contributed by atoms with E-state index in [1.54, 1.807) is 26.0 Å². The Hall–Kier alpha value is -1.92. The summed E-state index contributed by atoms with van der Waals surface area (Å²) in [6, 6.07) is 7.15. The summed E-state index contributed by atoms with van der Waals surface area (Å²) in [5.74, 6) is -1.48. The largest absolute Gasteiger partial charge is 0.481 e. The number of hydrogen-bond acceptors (Lipinski definition) is 4. The highest BCUT2D eigenvalue weighted by Gasteiger charge is 2.14. The van der Waals surface area contributed by atoms with Crippen LogP contribution in [-0.4, -0.2) is 42.9 Å². The van der Waals surface area contributed by atoms with Gasteiger partial charge in [-0.3, -0.25) is 9.59 Å². The second-order valence-electron chi connectivity index (χ2n) is 5.34. The summed E-state index contributed by atoms with van der Waals surface area (Å²) in [5, 5.41) is 11.7. The van der Waals surface area contributed by atoms with Gasteiger partial charge in [-0.15, -0.1) is 0 Å². The number of ether oxygens (including phenoxy) is 2. The third kappa shape index (κ3) is 7.25. The lowest BCUT2D eigenvalue weighted by molar-refractivity contribution is -0.141. The molecule has 0 fully saturated rings. The lowest BCUT2D eigenvalue weighted by Gasteiger charge is -2.14. The average Bonchev–Trinajstić information content (AvgIpc) is 2.53. The molecule has 0 aliphatic carbocycles. The summed E-state index contributed by atoms with van der Waals surface area (Å²) in [6.07, 6.45) is -0.109. The van der Waals surface area contributed by atoms with E-state index in [-0.39, 0.29) is 5.91 Å². The molecule has 0 spiro atoms. The van der Waals surface area contributed by atoms with Crippen LogP contribution in [0.15, 0.2) is 24.3 Å². The lowest BCUT2D eigenvalue weighted by atomic mass is 10.0. The van der Waals surface area contributed by atoms with Crippen molar-refractivity contribution in [1.29, 1.82) is 0 Å². The van der Waals surface area contributed by atoms with Gasteiger partial charge >= 0.3 is 5.97 Å². The minimum atomic E-state index is -0.819. The number of anilines is 1. The van der Waals surface area contributed by atoms with Crippen molar-refractivity contribution in [3.05, 3.63) is 29.8 Å². The minimum Gasteiger partial charge on any atom is -0.481 e. The Morgan fingerprint density at radius 2 is 1.83 bits per heavy atom. The molecule has 23 heavy (non-hydrogen) atoms. The summed E-state index contributed by atoms with van der Waals surface area (Å²) in [6.45, 7) is 6.70. The number of carbonyl (C=O) groups is 2. The minimum absolute atomic E-state index is 0.229. The van der Waals surface area contributed by atoms with E-state index in [1.807, 2.05) is 19.1 Å². The van der Waals surface area contributed by atoms with E-state index in [0.717, 1.165) is 5.56 Å². The van der Waals surface area contributed by atoms with E-state index in [9.17, 15) is 9.59 Å². The van der Waals surface area contributed by atoms with Crippen LogP contribution in [-0.2, 0) is 25.5 Å². The Kier molecular flexibility index (Phi) is 8.29. The Morgan fingerprint density at radius 1 is 1.17 bits per heavy atom. The number of amides is 1. The summed E-state index contributed by atoms with van der Waals surface area (Å²) in [7, 11) is 0. The molecule has 0 aliphatic heterocycles. The molecule has 0 bridgehead atoms. The molecule has 6 nitrogen and oxygen atoms in total. The highest BCUT2D eigenvalue weighted by Crippen LogP contribution is 2.14. The molecular weight excluding hydrogens is 298 g/mol. The van der Waals surface area contributed by atoms with Gasteiger partial charge in [-0.05, 0) is 38.0 Å². The first-order valence-corrected chi connectivity index (χ1v) is 7.76. The van der Waals surface area contributed by atoms with Crippen LogP contribution >= 0.6 is 0 Å². The molecule has 1 aromatic carbocycles. The average molecular weight is 323 g/mol. The van der Waals surface area contributed by atoms with Gasteiger partial charge in [-0.2, -0.15) is 0 Å². The van der Waals surface area contributed by atoms with Gasteiger partial charge in [0.2, 0.25) is 0 Å². The number of benzene rings is 1. The number of carbonyl (C=O) groups excluding carboxylic acids is 1. The molecule has 0 aliphatic rings. The zero-order valence-corrected chi connectivity index (χ0v) is 13.9. The van der Waals surface area contributed by atoms with Crippen molar-refractivity contribution in [2.24, 2.45) is 5.92 Å². The molecular formula is C17H25NO5. The number of carboxylic acid groups (broad SMARTS) is 1. The number of rotatable bonds is 10. The highest BCUT2D eigenvalue weighted by molar-refractivity contribution is 5.93. The van der Waals surface area contributed by atoms with Crippen LogP contribution in [0, 0.1) is 5.92 Å². The molecule has 0 aromatic heterocycles. The molecule has 128 valence electrons. The van der Waals surface area contributed by atoms with Crippen LogP contribution in [0.1, 0.15) is 26.3 Å². The van der Waals surface area contributed by atoms with Crippen LogP contribution in [0.4, 0.5) is 5.69 Å². The van der Waals surface area contributed by atoms with Crippen molar-refractivity contribution in [3.8, 4) is 0 Å². The van der Waals surface area contributed by atoms with Crippen molar-refractivity contribution in [3.63, 3.8) is 0 Å². The molecule has 2 unspecified atom stereocenters. The first kappa shape index (κ1) is 19.1. The van der Waals surface area contributed by atoms with Crippen molar-refractivity contribution in [2.45, 2.75) is 33.3 Å². The Bertz CT molecular complexity index is 500. The van der Waals surface area contributed by atoms with Crippen molar-refractivity contribution < 1.29 is 24.2 Å². The van der Waals surface area contributed by atoms with Gasteiger partial charge in [0.1, 0.15) is 6.10 Å². The van der Waals surface area contributed by atoms with Gasteiger partial charge in [0.05, 0.1) is 19.1 Å². The van der Waals surface area contributed by atoms with Crippen LogP contribution in [0.5, 0.6) is 0 Å². The van der Waals surface area contributed by atoms with E-state index >= 15 is 0 Å². The second-order valence-corrected chi connectivity index (χ2v) is 5.34. The fourth-order valence-corrected chi connectivity index (χ4v) is 1.91. The van der Waals surface area contributed by atoms with Crippen molar-refractivity contribution in [2.75, 3.05) is 25.1 Å². The third-order valence-corrected chi connectivity index (χ3v) is 3.35. The van der Waals surface area contributed by atoms with E-state index in [2.05, 4.69) is 5.32 Å². The number of carboxylic acids is 1. The summed E-state index contributed by atoms with van der Waals surface area (Å²) in [5.41, 5.74) is 1.57. The van der Waals surface area contributed by atoms with Crippen molar-refractivity contribution in [1.82, 2.24) is 0 Å². The number of hydrogen-bond donors (Lipinski definition) is 2. The molecule has 0 saturated carbocycles. The van der Waals surface area contributed by atoms with Crippen LogP contribution in [0.3, 0.4) is 0 Å². The fraction of sp³-hybridized carbons (Fsp3) is 0.529. The third-order valence-electron chi connectivity index (χ3n) is 3.35. The first-order chi connectivity index (χ1) is 10.9. The molecule has 0 radical (unpaired) electrons. The fourth-order valence-electron chi connectivity index (χ4n) is 1.91. The second kappa shape index (κ2) is 9.97. The molecule has 6 heteroatoms. The smallest absolute Gasteiger partial charge is 0.306 e. The zero-order chi connectivity index (χ0) is 17.2. The maximum absolute atomic E-state index is 12.0. The van der Waals surface area contributed by atoms with Gasteiger partial charge < -0.3 is 19.9 Å². The molecule has 1 rings (SSSR count). The SMILES string of the molecule is CCOCCOC(C)C(=O)Nc1ccc(CC(C)C(=O)O)cc1. The monoisotopic (exact) mass is 323 g/mol. The predicted octanol–water partition coefficient (Wildman–Crippen LogP) is 2.33. The van der Waals surface area contributed by atoms with E-state index in [1.165, 1.54) is 0 Å². The maximum Gasteiger partial charge on any atom is 0.306 e. The normalized spacial score (nSPS) is 13.3. The van der Waals surface area contributed by atoms with Crippen LogP contribution < -0.4 is 5.32 Å². The van der Waals surface area contributed by atoms with E-state index in [0.29, 0.717) is 31.9 Å². The quantitative estimate of drug-likeness (QED) is 0.646. The topological polar surface area (TPSA) is 84.9 Å². The molecule has 0 heterocycles. The Labute approximate surface area is 136 Å². The maximum atomic E-state index is 12.0. The Morgan fingerprint density at radius 3 is 2.39 bits per heavy atom. The molecule has 1 aromatic rings. The van der Waals surface area contributed by atoms with Crippen molar-refractivity contribution >= 4 is 17.6 Å². The standard InChI is InChI=1S/C17H25NO5/c1-4-22-9-10-23-13(3)16(19)18-15-7-5-14(6-8-15)11-12(2)17(20)21/h5-8,12-13H,4,9-11H2,1-3H3,(H,18,19)(H,20,21). The summed E-state index contributed by atoms with van der Waals surface area (Å²) < 4.78 is 10.5. The summed E-state index contributed by atoms with van der Waals surface area (Å²) in [4.78, 5) is 22.8. The highest BCUT2D eigenvalue weighted by atomic mass is 16.5. The predicted molar refractivity (Wildman–Crippen MR) is 87.5 cm³/mol. The van der Waals surface area contributed by atoms with Gasteiger partial charge in [-0.1, -0.05) is 19.1 Å². The summed E-state index contributed by atoms with van der Waals surface area (Å²) >= 11 is 0. The molecule has 0 saturated heterocycles. The van der Waals surface area contributed by atoms with Gasteiger partial charge in [0, 0.05) is 12.3 Å². The molecule has 2 atom stereocenters. The van der Waals surface area contributed by atoms with Crippen LogP contribution in [0.25, 0.3) is 0 Å². The molecule has 1 amide bonds. The van der Waals surface area contributed by atoms with Crippen LogP contribution in [0.2, 0.25) is 0 Å². The lowest BCUT2D eigenvalue weighted by Crippen LogP contribution is -2.28. The first-order valence-electron chi connectivity index (χ1n) is 7.76. The number of aliphatic carboxylic acids is 1. The van der Waals surface area contributed by atoms with E-state index < -0.39 is 18.0 Å². The van der Waals surface area contributed by atoms with Gasteiger partial charge in [0.25, 0.3) is 5.91 Å². The van der Waals surface area contributed by atoms with Gasteiger partial charge in [-0.25, -0.2) is 0 Å². The number of nitrogens with one attached hydrogen (secondary N) is 1. The Balaban J connectivity index is 2.44.